The van der Waals surface area contributed by atoms with Crippen molar-refractivity contribution in [2.24, 2.45) is 5.92 Å². The lowest BCUT2D eigenvalue weighted by Gasteiger charge is -2.30. The second-order valence-electron chi connectivity index (χ2n) is 5.87. The van der Waals surface area contributed by atoms with Crippen molar-refractivity contribution < 1.29 is 4.42 Å². The molecule has 1 aliphatic rings. The summed E-state index contributed by atoms with van der Waals surface area (Å²) in [7, 11) is 0. The first-order valence-corrected chi connectivity index (χ1v) is 7.97. The smallest absolute Gasteiger partial charge is 0.406 e. The third-order valence-corrected chi connectivity index (χ3v) is 4.49. The maximum absolute atomic E-state index is 12.1. The highest BCUT2D eigenvalue weighted by Gasteiger charge is 2.25. The molecule has 1 unspecified atom stereocenters. The molecule has 0 spiro atoms. The van der Waals surface area contributed by atoms with Gasteiger partial charge >= 0.3 is 5.76 Å². The fourth-order valence-corrected chi connectivity index (χ4v) is 3.44. The van der Waals surface area contributed by atoms with Gasteiger partial charge in [-0.15, -0.1) is 0 Å². The van der Waals surface area contributed by atoms with Crippen LogP contribution in [0.5, 0.6) is 0 Å². The van der Waals surface area contributed by atoms with E-state index in [1.165, 1.54) is 32.1 Å². The molecule has 114 valence electrons. The van der Waals surface area contributed by atoms with Gasteiger partial charge in [-0.25, -0.2) is 9.78 Å². The van der Waals surface area contributed by atoms with Gasteiger partial charge < -0.3 is 9.73 Å². The van der Waals surface area contributed by atoms with E-state index in [0.29, 0.717) is 29.7 Å². The Kier molecular flexibility index (Phi) is 4.39. The predicted molar refractivity (Wildman–Crippen MR) is 82.3 cm³/mol. The average Bonchev–Trinajstić information content (AvgIpc) is 2.84. The molecule has 0 radical (unpaired) electrons. The van der Waals surface area contributed by atoms with Crippen molar-refractivity contribution in [1.82, 2.24) is 14.9 Å². The molecule has 1 atom stereocenters. The van der Waals surface area contributed by atoms with E-state index in [1.807, 2.05) is 0 Å². The molecule has 2 aromatic heterocycles. The standard InChI is InChI=1S/C16H23N3O2/c1-2-17-13(12-7-4-3-5-8-12)11-19-15-14(21-16(19)20)9-6-10-18-15/h6,9-10,12-13,17H,2-5,7-8,11H2,1H3. The van der Waals surface area contributed by atoms with Crippen LogP contribution in [0, 0.1) is 5.92 Å². The van der Waals surface area contributed by atoms with Gasteiger partial charge in [0.1, 0.15) is 0 Å². The summed E-state index contributed by atoms with van der Waals surface area (Å²) < 4.78 is 6.96. The topological polar surface area (TPSA) is 60.1 Å². The summed E-state index contributed by atoms with van der Waals surface area (Å²) in [5.74, 6) is 0.335. The van der Waals surface area contributed by atoms with E-state index < -0.39 is 0 Å². The molecule has 0 saturated heterocycles. The number of aromatic nitrogens is 2. The molecule has 0 amide bonds. The van der Waals surface area contributed by atoms with Gasteiger partial charge in [-0.2, -0.15) is 0 Å². The van der Waals surface area contributed by atoms with E-state index in [-0.39, 0.29) is 5.76 Å². The van der Waals surface area contributed by atoms with E-state index in [2.05, 4.69) is 17.2 Å². The molecule has 3 rings (SSSR count). The highest BCUT2D eigenvalue weighted by Crippen LogP contribution is 2.27. The molecule has 2 aromatic rings. The molecule has 0 aromatic carbocycles. The van der Waals surface area contributed by atoms with Crippen molar-refractivity contribution in [3.05, 3.63) is 28.9 Å². The summed E-state index contributed by atoms with van der Waals surface area (Å²) in [6, 6.07) is 3.90. The molecule has 1 N–H and O–H groups in total. The maximum atomic E-state index is 12.1. The molecule has 2 heterocycles. The van der Waals surface area contributed by atoms with Crippen LogP contribution < -0.4 is 11.1 Å². The van der Waals surface area contributed by atoms with Gasteiger partial charge in [0.2, 0.25) is 0 Å². The summed E-state index contributed by atoms with van der Waals surface area (Å²) in [5, 5.41) is 3.55. The predicted octanol–water partition coefficient (Wildman–Crippen LogP) is 2.55. The van der Waals surface area contributed by atoms with Crippen LogP contribution in [-0.2, 0) is 6.54 Å². The average molecular weight is 289 g/mol. The second-order valence-corrected chi connectivity index (χ2v) is 5.87. The maximum Gasteiger partial charge on any atom is 0.421 e. The number of likely N-dealkylation sites (N-methyl/N-ethyl adjacent to an activating group) is 1. The summed E-state index contributed by atoms with van der Waals surface area (Å²) in [5.41, 5.74) is 1.22. The minimum Gasteiger partial charge on any atom is -0.406 e. The first-order valence-electron chi connectivity index (χ1n) is 7.97. The van der Waals surface area contributed by atoms with E-state index in [1.54, 1.807) is 22.9 Å². The Bertz CT molecular complexity index is 640. The van der Waals surface area contributed by atoms with Crippen LogP contribution in [0.3, 0.4) is 0 Å². The zero-order valence-corrected chi connectivity index (χ0v) is 12.5. The SMILES string of the molecule is CCNC(Cn1c(=O)oc2cccnc21)C1CCCCC1. The van der Waals surface area contributed by atoms with Crippen molar-refractivity contribution in [2.45, 2.75) is 51.6 Å². The Morgan fingerprint density at radius 1 is 1.43 bits per heavy atom. The molecule has 1 aliphatic carbocycles. The van der Waals surface area contributed by atoms with Gasteiger partial charge in [-0.1, -0.05) is 26.2 Å². The Morgan fingerprint density at radius 2 is 2.24 bits per heavy atom. The molecular weight excluding hydrogens is 266 g/mol. The van der Waals surface area contributed by atoms with Crippen LogP contribution in [-0.4, -0.2) is 22.1 Å². The number of oxazole rings is 1. The van der Waals surface area contributed by atoms with Crippen LogP contribution >= 0.6 is 0 Å². The fraction of sp³-hybridized carbons (Fsp3) is 0.625. The molecule has 5 heteroatoms. The molecule has 1 saturated carbocycles. The first-order chi connectivity index (χ1) is 10.3. The van der Waals surface area contributed by atoms with Gasteiger partial charge in [-0.3, -0.25) is 4.57 Å². The summed E-state index contributed by atoms with van der Waals surface area (Å²) in [6.45, 7) is 3.67. The third-order valence-electron chi connectivity index (χ3n) is 4.49. The van der Waals surface area contributed by atoms with Gasteiger partial charge in [-0.05, 0) is 37.4 Å². The lowest BCUT2D eigenvalue weighted by Crippen LogP contribution is -2.42. The van der Waals surface area contributed by atoms with Gasteiger partial charge in [0.05, 0.1) is 0 Å². The van der Waals surface area contributed by atoms with Crippen LogP contribution in [0.1, 0.15) is 39.0 Å². The Labute approximate surface area is 124 Å². The van der Waals surface area contributed by atoms with Crippen molar-refractivity contribution in [1.29, 1.82) is 0 Å². The molecular formula is C16H23N3O2. The van der Waals surface area contributed by atoms with E-state index in [9.17, 15) is 4.79 Å². The fourth-order valence-electron chi connectivity index (χ4n) is 3.44. The van der Waals surface area contributed by atoms with E-state index in [4.69, 9.17) is 4.42 Å². The first kappa shape index (κ1) is 14.3. The van der Waals surface area contributed by atoms with Crippen LogP contribution in [0.2, 0.25) is 0 Å². The summed E-state index contributed by atoms with van der Waals surface area (Å²) in [6.07, 6.45) is 8.13. The zero-order chi connectivity index (χ0) is 14.7. The number of pyridine rings is 1. The molecule has 1 fully saturated rings. The number of rotatable bonds is 5. The Balaban J connectivity index is 1.86. The highest BCUT2D eigenvalue weighted by molar-refractivity contribution is 5.67. The Hall–Kier alpha value is -1.62. The quantitative estimate of drug-likeness (QED) is 0.919. The van der Waals surface area contributed by atoms with E-state index in [0.717, 1.165) is 6.54 Å². The number of hydrogen-bond donors (Lipinski definition) is 1. The van der Waals surface area contributed by atoms with Gasteiger partial charge in [0.25, 0.3) is 0 Å². The largest absolute Gasteiger partial charge is 0.421 e. The second kappa shape index (κ2) is 6.43. The lowest BCUT2D eigenvalue weighted by atomic mass is 9.84. The van der Waals surface area contributed by atoms with Crippen LogP contribution in [0.25, 0.3) is 11.2 Å². The van der Waals surface area contributed by atoms with Crippen molar-refractivity contribution >= 4 is 11.2 Å². The highest BCUT2D eigenvalue weighted by atomic mass is 16.4. The minimum atomic E-state index is -0.303. The molecule has 5 nitrogen and oxygen atoms in total. The van der Waals surface area contributed by atoms with Crippen molar-refractivity contribution in [3.8, 4) is 0 Å². The Morgan fingerprint density at radius 3 is 3.00 bits per heavy atom. The van der Waals surface area contributed by atoms with E-state index >= 15 is 0 Å². The molecule has 21 heavy (non-hydrogen) atoms. The number of hydrogen-bond acceptors (Lipinski definition) is 4. The summed E-state index contributed by atoms with van der Waals surface area (Å²) in [4.78, 5) is 16.4. The zero-order valence-electron chi connectivity index (χ0n) is 12.5. The lowest BCUT2D eigenvalue weighted by molar-refractivity contribution is 0.248. The number of nitrogens with one attached hydrogen (secondary N) is 1. The number of nitrogens with zero attached hydrogens (tertiary/aromatic N) is 2. The number of fused-ring (bicyclic) bond motifs is 1. The minimum absolute atomic E-state index is 0.303. The molecule has 0 bridgehead atoms. The van der Waals surface area contributed by atoms with Crippen LogP contribution in [0.4, 0.5) is 0 Å². The summed E-state index contributed by atoms with van der Waals surface area (Å²) >= 11 is 0. The third kappa shape index (κ3) is 3.02. The van der Waals surface area contributed by atoms with Gasteiger partial charge in [0.15, 0.2) is 11.2 Å². The van der Waals surface area contributed by atoms with Gasteiger partial charge in [0, 0.05) is 18.8 Å². The normalized spacial score (nSPS) is 18.1. The van der Waals surface area contributed by atoms with Crippen molar-refractivity contribution in [3.63, 3.8) is 0 Å². The van der Waals surface area contributed by atoms with Crippen LogP contribution in [0.15, 0.2) is 27.5 Å². The monoisotopic (exact) mass is 289 g/mol. The van der Waals surface area contributed by atoms with Crippen molar-refractivity contribution in [2.75, 3.05) is 6.54 Å². The molecule has 0 aliphatic heterocycles.